The van der Waals surface area contributed by atoms with E-state index in [4.69, 9.17) is 16.6 Å². The number of furan rings is 1. The van der Waals surface area contributed by atoms with Crippen LogP contribution in [0.4, 0.5) is 5.69 Å². The van der Waals surface area contributed by atoms with Crippen LogP contribution in [0.15, 0.2) is 45.9 Å². The van der Waals surface area contributed by atoms with Gasteiger partial charge in [-0.25, -0.2) is 0 Å². The maximum absolute atomic E-state index is 5.37. The standard InChI is InChI=1S/C16H19N3OS/c1-11(2)13-5-7-14(8-6-13)18-16(21)19-17-10-15-9-4-12(3)20-15/h4-11H,1-3H3,(H2,18,19,21). The van der Waals surface area contributed by atoms with E-state index in [0.29, 0.717) is 16.8 Å². The molecular formula is C16H19N3OS. The van der Waals surface area contributed by atoms with Crippen molar-refractivity contribution in [3.63, 3.8) is 0 Å². The van der Waals surface area contributed by atoms with Gasteiger partial charge in [0, 0.05) is 5.69 Å². The van der Waals surface area contributed by atoms with Crippen LogP contribution in [0.25, 0.3) is 0 Å². The minimum absolute atomic E-state index is 0.437. The molecule has 1 heterocycles. The molecule has 110 valence electrons. The molecule has 0 bridgehead atoms. The second-order valence-corrected chi connectivity index (χ2v) is 5.46. The summed E-state index contributed by atoms with van der Waals surface area (Å²) in [6.07, 6.45) is 1.59. The molecular weight excluding hydrogens is 282 g/mol. The molecule has 0 aliphatic carbocycles. The molecule has 0 atom stereocenters. The van der Waals surface area contributed by atoms with Crippen molar-refractivity contribution in [1.29, 1.82) is 0 Å². The van der Waals surface area contributed by atoms with Crippen molar-refractivity contribution in [3.8, 4) is 0 Å². The van der Waals surface area contributed by atoms with Gasteiger partial charge >= 0.3 is 0 Å². The molecule has 0 fully saturated rings. The van der Waals surface area contributed by atoms with Gasteiger partial charge in [0.2, 0.25) is 0 Å². The van der Waals surface area contributed by atoms with Crippen LogP contribution in [0.3, 0.4) is 0 Å². The van der Waals surface area contributed by atoms with Crippen LogP contribution < -0.4 is 10.7 Å². The summed E-state index contributed by atoms with van der Waals surface area (Å²) in [5, 5.41) is 7.54. The number of hydrogen-bond acceptors (Lipinski definition) is 3. The molecule has 0 amide bonds. The number of nitrogens with one attached hydrogen (secondary N) is 2. The third-order valence-electron chi connectivity index (χ3n) is 2.95. The molecule has 0 aliphatic rings. The predicted octanol–water partition coefficient (Wildman–Crippen LogP) is 4.03. The fourth-order valence-corrected chi connectivity index (χ4v) is 1.96. The number of anilines is 1. The summed E-state index contributed by atoms with van der Waals surface area (Å²) in [5.41, 5.74) is 4.98. The lowest BCUT2D eigenvalue weighted by atomic mass is 10.0. The van der Waals surface area contributed by atoms with Gasteiger partial charge in [-0.2, -0.15) is 5.10 Å². The summed E-state index contributed by atoms with van der Waals surface area (Å²) < 4.78 is 5.37. The Balaban J connectivity index is 1.85. The Morgan fingerprint density at radius 2 is 1.90 bits per heavy atom. The third-order valence-corrected chi connectivity index (χ3v) is 3.15. The fourth-order valence-electron chi connectivity index (χ4n) is 1.79. The van der Waals surface area contributed by atoms with E-state index in [1.54, 1.807) is 6.21 Å². The number of rotatable bonds is 4. The first-order chi connectivity index (χ1) is 10.0. The van der Waals surface area contributed by atoms with Crippen LogP contribution in [0.5, 0.6) is 0 Å². The molecule has 0 radical (unpaired) electrons. The van der Waals surface area contributed by atoms with Crippen LogP contribution in [-0.4, -0.2) is 11.3 Å². The van der Waals surface area contributed by atoms with Crippen molar-refractivity contribution in [1.82, 2.24) is 5.43 Å². The van der Waals surface area contributed by atoms with E-state index in [1.807, 2.05) is 31.2 Å². The van der Waals surface area contributed by atoms with Gasteiger partial charge in [0.25, 0.3) is 0 Å². The van der Waals surface area contributed by atoms with Crippen molar-refractivity contribution < 1.29 is 4.42 Å². The molecule has 0 spiro atoms. The summed E-state index contributed by atoms with van der Waals surface area (Å²) in [7, 11) is 0. The number of nitrogens with zero attached hydrogens (tertiary/aromatic N) is 1. The molecule has 0 aliphatic heterocycles. The summed E-state index contributed by atoms with van der Waals surface area (Å²) in [6, 6.07) is 11.9. The first-order valence-corrected chi connectivity index (χ1v) is 7.22. The van der Waals surface area contributed by atoms with Gasteiger partial charge in [0.1, 0.15) is 11.5 Å². The normalized spacial score (nSPS) is 11.0. The van der Waals surface area contributed by atoms with Gasteiger partial charge in [-0.3, -0.25) is 5.43 Å². The minimum atomic E-state index is 0.437. The Hall–Kier alpha value is -2.14. The van der Waals surface area contributed by atoms with Gasteiger partial charge in [0.15, 0.2) is 5.11 Å². The van der Waals surface area contributed by atoms with E-state index in [9.17, 15) is 0 Å². The predicted molar refractivity (Wildman–Crippen MR) is 90.9 cm³/mol. The van der Waals surface area contributed by atoms with Gasteiger partial charge in [0.05, 0.1) is 6.21 Å². The highest BCUT2D eigenvalue weighted by molar-refractivity contribution is 7.80. The van der Waals surface area contributed by atoms with E-state index in [0.717, 1.165) is 11.4 Å². The molecule has 0 saturated heterocycles. The second kappa shape index (κ2) is 7.04. The van der Waals surface area contributed by atoms with E-state index in [2.05, 4.69) is 41.8 Å². The molecule has 2 N–H and O–H groups in total. The monoisotopic (exact) mass is 301 g/mol. The van der Waals surface area contributed by atoms with Crippen molar-refractivity contribution >= 4 is 29.2 Å². The zero-order chi connectivity index (χ0) is 15.2. The smallest absolute Gasteiger partial charge is 0.191 e. The highest BCUT2D eigenvalue weighted by atomic mass is 32.1. The summed E-state index contributed by atoms with van der Waals surface area (Å²) in [5.74, 6) is 2.05. The van der Waals surface area contributed by atoms with Crippen LogP contribution in [0.1, 0.15) is 36.8 Å². The van der Waals surface area contributed by atoms with Gasteiger partial charge in [-0.1, -0.05) is 26.0 Å². The lowest BCUT2D eigenvalue weighted by Crippen LogP contribution is -2.23. The summed E-state index contributed by atoms with van der Waals surface area (Å²) in [6.45, 7) is 6.22. The lowest BCUT2D eigenvalue weighted by molar-refractivity contribution is 0.527. The van der Waals surface area contributed by atoms with E-state index < -0.39 is 0 Å². The highest BCUT2D eigenvalue weighted by Crippen LogP contribution is 2.16. The van der Waals surface area contributed by atoms with Crippen LogP contribution >= 0.6 is 12.2 Å². The third kappa shape index (κ3) is 4.72. The molecule has 5 heteroatoms. The zero-order valence-corrected chi connectivity index (χ0v) is 13.2. The summed E-state index contributed by atoms with van der Waals surface area (Å²) >= 11 is 5.17. The van der Waals surface area contributed by atoms with E-state index in [-0.39, 0.29) is 0 Å². The Kier molecular flexibility index (Phi) is 5.11. The first-order valence-electron chi connectivity index (χ1n) is 6.81. The highest BCUT2D eigenvalue weighted by Gasteiger charge is 2.00. The van der Waals surface area contributed by atoms with E-state index in [1.165, 1.54) is 5.56 Å². The van der Waals surface area contributed by atoms with Crippen molar-refractivity contribution in [2.45, 2.75) is 26.7 Å². The molecule has 1 aromatic heterocycles. The molecule has 0 saturated carbocycles. The minimum Gasteiger partial charge on any atom is -0.460 e. The van der Waals surface area contributed by atoms with Crippen molar-refractivity contribution in [2.24, 2.45) is 5.10 Å². The second-order valence-electron chi connectivity index (χ2n) is 5.05. The number of thiocarbonyl (C=S) groups is 1. The van der Waals surface area contributed by atoms with E-state index >= 15 is 0 Å². The number of hydrogen-bond donors (Lipinski definition) is 2. The lowest BCUT2D eigenvalue weighted by Gasteiger charge is -2.09. The number of hydrazone groups is 1. The maximum Gasteiger partial charge on any atom is 0.191 e. The molecule has 21 heavy (non-hydrogen) atoms. The Morgan fingerprint density at radius 1 is 1.19 bits per heavy atom. The molecule has 0 unspecified atom stereocenters. The molecule has 2 rings (SSSR count). The van der Waals surface area contributed by atoms with Gasteiger partial charge in [-0.15, -0.1) is 0 Å². The quantitative estimate of drug-likeness (QED) is 0.508. The fraction of sp³-hybridized carbons (Fsp3) is 0.250. The zero-order valence-electron chi connectivity index (χ0n) is 12.4. The number of aryl methyl sites for hydroxylation is 1. The Labute approximate surface area is 130 Å². The van der Waals surface area contributed by atoms with Crippen molar-refractivity contribution in [2.75, 3.05) is 5.32 Å². The molecule has 4 nitrogen and oxygen atoms in total. The number of benzene rings is 1. The van der Waals surface area contributed by atoms with Crippen LogP contribution in [-0.2, 0) is 0 Å². The molecule has 2 aromatic rings. The van der Waals surface area contributed by atoms with Crippen LogP contribution in [0, 0.1) is 6.92 Å². The summed E-state index contributed by atoms with van der Waals surface area (Å²) in [4.78, 5) is 0. The Morgan fingerprint density at radius 3 is 2.48 bits per heavy atom. The molecule has 1 aromatic carbocycles. The SMILES string of the molecule is Cc1ccc(C=NNC(=S)Nc2ccc(C(C)C)cc2)o1. The topological polar surface area (TPSA) is 49.6 Å². The first kappa shape index (κ1) is 15.3. The average Bonchev–Trinajstić information content (AvgIpc) is 2.85. The Bertz CT molecular complexity index is 629. The van der Waals surface area contributed by atoms with Gasteiger partial charge < -0.3 is 9.73 Å². The van der Waals surface area contributed by atoms with Crippen LogP contribution in [0.2, 0.25) is 0 Å². The largest absolute Gasteiger partial charge is 0.460 e. The van der Waals surface area contributed by atoms with Crippen molar-refractivity contribution in [3.05, 3.63) is 53.5 Å². The maximum atomic E-state index is 5.37. The van der Waals surface area contributed by atoms with Gasteiger partial charge in [-0.05, 0) is 54.9 Å². The average molecular weight is 301 g/mol.